The molecular weight excluding hydrogens is 376 g/mol. The molecule has 2 aromatic carbocycles. The molecule has 0 aliphatic carbocycles. The van der Waals surface area contributed by atoms with Crippen LogP contribution in [-0.4, -0.2) is 57.5 Å². The van der Waals surface area contributed by atoms with E-state index in [-0.39, 0.29) is 10.8 Å². The Balaban J connectivity index is 1.69. The molecular formula is C20H26N4O3S. The first-order valence-corrected chi connectivity index (χ1v) is 10.7. The molecule has 0 radical (unpaired) electrons. The van der Waals surface area contributed by atoms with Crippen molar-refractivity contribution >= 4 is 21.6 Å². The largest absolute Gasteiger partial charge is 0.304 e. The van der Waals surface area contributed by atoms with Crippen LogP contribution in [0.5, 0.6) is 0 Å². The van der Waals surface area contributed by atoms with E-state index < -0.39 is 10.0 Å². The molecule has 0 bridgehead atoms. The number of sulfonamides is 1. The van der Waals surface area contributed by atoms with Gasteiger partial charge in [-0.1, -0.05) is 12.1 Å². The Kier molecular flexibility index (Phi) is 6.02. The van der Waals surface area contributed by atoms with E-state index in [1.165, 1.54) is 24.3 Å². The van der Waals surface area contributed by atoms with Crippen LogP contribution in [0.4, 0.5) is 5.69 Å². The Morgan fingerprint density at radius 2 is 1.61 bits per heavy atom. The summed E-state index contributed by atoms with van der Waals surface area (Å²) in [5.74, 6) is -0.240. The highest BCUT2D eigenvalue weighted by molar-refractivity contribution is 7.92. The smallest absolute Gasteiger partial charge is 0.265 e. The predicted octanol–water partition coefficient (Wildman–Crippen LogP) is 2.00. The zero-order valence-corrected chi connectivity index (χ0v) is 17.2. The number of rotatable bonds is 5. The summed E-state index contributed by atoms with van der Waals surface area (Å²) in [4.78, 5) is 14.7. The molecule has 0 aromatic heterocycles. The Bertz CT molecular complexity index is 950. The lowest BCUT2D eigenvalue weighted by atomic mass is 10.1. The molecule has 1 aliphatic rings. The highest BCUT2D eigenvalue weighted by Gasteiger charge is 2.19. The van der Waals surface area contributed by atoms with Crippen LogP contribution in [0.2, 0.25) is 0 Å². The van der Waals surface area contributed by atoms with Crippen LogP contribution in [0.1, 0.15) is 21.5 Å². The van der Waals surface area contributed by atoms with Gasteiger partial charge in [0.2, 0.25) is 0 Å². The number of benzene rings is 2. The van der Waals surface area contributed by atoms with E-state index in [2.05, 4.69) is 15.0 Å². The van der Waals surface area contributed by atoms with Gasteiger partial charge in [0.25, 0.3) is 15.9 Å². The number of likely N-dealkylation sites (N-methyl/N-ethyl adjacent to an activating group) is 1. The summed E-state index contributed by atoms with van der Waals surface area (Å²) in [6.07, 6.45) is 0. The van der Waals surface area contributed by atoms with Crippen molar-refractivity contribution in [2.45, 2.75) is 18.7 Å². The van der Waals surface area contributed by atoms with Gasteiger partial charge in [-0.25, -0.2) is 13.4 Å². The lowest BCUT2D eigenvalue weighted by Gasteiger charge is -2.32. The molecule has 7 nitrogen and oxygen atoms in total. The van der Waals surface area contributed by atoms with Crippen LogP contribution in [0.3, 0.4) is 0 Å². The standard InChI is InChI=1S/C20H26N4O3S/c1-15-5-4-6-19(16(15)2)22-28(26,27)18-9-7-17(8-10-18)20(25)21-24-13-11-23(3)12-14-24/h4-10,22H,11-14H2,1-3H3,(H,21,25). The number of hydrogen-bond acceptors (Lipinski definition) is 5. The minimum absolute atomic E-state index is 0.115. The molecule has 1 aliphatic heterocycles. The number of amides is 1. The van der Waals surface area contributed by atoms with Crippen molar-refractivity contribution in [1.29, 1.82) is 0 Å². The molecule has 0 saturated carbocycles. The summed E-state index contributed by atoms with van der Waals surface area (Å²) < 4.78 is 28.0. The molecule has 150 valence electrons. The van der Waals surface area contributed by atoms with Crippen LogP contribution in [-0.2, 0) is 10.0 Å². The number of hydrogen-bond donors (Lipinski definition) is 2. The third-order valence-corrected chi connectivity index (χ3v) is 6.42. The summed E-state index contributed by atoms with van der Waals surface area (Å²) in [6.45, 7) is 7.10. The van der Waals surface area contributed by atoms with E-state index in [4.69, 9.17) is 0 Å². The fourth-order valence-corrected chi connectivity index (χ4v) is 4.10. The molecule has 0 spiro atoms. The fraction of sp³-hybridized carbons (Fsp3) is 0.350. The number of hydrazine groups is 1. The van der Waals surface area contributed by atoms with Gasteiger partial charge in [-0.15, -0.1) is 0 Å². The average molecular weight is 403 g/mol. The van der Waals surface area contributed by atoms with Crippen LogP contribution < -0.4 is 10.1 Å². The molecule has 2 N–H and O–H groups in total. The van der Waals surface area contributed by atoms with Gasteiger partial charge in [-0.05, 0) is 62.4 Å². The number of carbonyl (C=O) groups excluding carboxylic acids is 1. The highest BCUT2D eigenvalue weighted by atomic mass is 32.2. The maximum Gasteiger partial charge on any atom is 0.265 e. The SMILES string of the molecule is Cc1cccc(NS(=O)(=O)c2ccc(C(=O)NN3CCN(C)CC3)cc2)c1C. The second kappa shape index (κ2) is 8.30. The Labute approximate surface area is 166 Å². The minimum Gasteiger partial charge on any atom is -0.304 e. The molecule has 0 atom stereocenters. The van der Waals surface area contributed by atoms with Crippen molar-refractivity contribution in [1.82, 2.24) is 15.3 Å². The monoisotopic (exact) mass is 402 g/mol. The predicted molar refractivity (Wildman–Crippen MR) is 110 cm³/mol. The highest BCUT2D eigenvalue weighted by Crippen LogP contribution is 2.22. The van der Waals surface area contributed by atoms with E-state index in [1.807, 2.05) is 38.0 Å². The summed E-state index contributed by atoms with van der Waals surface area (Å²) in [5, 5.41) is 1.88. The van der Waals surface area contributed by atoms with Crippen molar-refractivity contribution < 1.29 is 13.2 Å². The van der Waals surface area contributed by atoms with Gasteiger partial charge >= 0.3 is 0 Å². The van der Waals surface area contributed by atoms with Crippen molar-refractivity contribution in [3.63, 3.8) is 0 Å². The van der Waals surface area contributed by atoms with Gasteiger partial charge in [0, 0.05) is 31.7 Å². The Morgan fingerprint density at radius 1 is 0.964 bits per heavy atom. The molecule has 3 rings (SSSR count). The number of aryl methyl sites for hydroxylation is 1. The van der Waals surface area contributed by atoms with Gasteiger partial charge < -0.3 is 4.90 Å². The lowest BCUT2D eigenvalue weighted by molar-refractivity contribution is 0.0662. The topological polar surface area (TPSA) is 81.7 Å². The molecule has 8 heteroatoms. The van der Waals surface area contributed by atoms with Crippen LogP contribution in [0.15, 0.2) is 47.4 Å². The lowest BCUT2D eigenvalue weighted by Crippen LogP contribution is -2.52. The minimum atomic E-state index is -3.73. The van der Waals surface area contributed by atoms with Crippen molar-refractivity contribution in [3.05, 3.63) is 59.2 Å². The summed E-state index contributed by atoms with van der Waals surface area (Å²) in [7, 11) is -1.68. The number of nitrogens with one attached hydrogen (secondary N) is 2. The number of nitrogens with zero attached hydrogens (tertiary/aromatic N) is 2. The maximum atomic E-state index is 12.7. The molecule has 28 heavy (non-hydrogen) atoms. The van der Waals surface area contributed by atoms with E-state index in [9.17, 15) is 13.2 Å². The number of anilines is 1. The Morgan fingerprint density at radius 3 is 2.25 bits per heavy atom. The number of carbonyl (C=O) groups is 1. The van der Waals surface area contributed by atoms with Gasteiger partial charge in [0.05, 0.1) is 10.6 Å². The summed E-state index contributed by atoms with van der Waals surface area (Å²) in [6, 6.07) is 11.4. The second-order valence-electron chi connectivity index (χ2n) is 7.11. The second-order valence-corrected chi connectivity index (χ2v) is 8.79. The van der Waals surface area contributed by atoms with Gasteiger partial charge in [0.1, 0.15) is 0 Å². The Hall–Kier alpha value is -2.42. The van der Waals surface area contributed by atoms with Crippen molar-refractivity contribution in [2.24, 2.45) is 0 Å². The first-order chi connectivity index (χ1) is 13.3. The normalized spacial score (nSPS) is 16.0. The first-order valence-electron chi connectivity index (χ1n) is 9.20. The van der Waals surface area contributed by atoms with Gasteiger partial charge in [-0.2, -0.15) is 0 Å². The molecule has 1 fully saturated rings. The van der Waals surface area contributed by atoms with E-state index in [1.54, 1.807) is 6.07 Å². The van der Waals surface area contributed by atoms with Gasteiger partial charge in [-0.3, -0.25) is 14.9 Å². The molecule has 2 aromatic rings. The molecule has 1 amide bonds. The fourth-order valence-electron chi connectivity index (χ4n) is 2.98. The molecule has 1 saturated heterocycles. The van der Waals surface area contributed by atoms with Gasteiger partial charge in [0.15, 0.2) is 0 Å². The maximum absolute atomic E-state index is 12.7. The third-order valence-electron chi connectivity index (χ3n) is 5.04. The summed E-state index contributed by atoms with van der Waals surface area (Å²) >= 11 is 0. The number of piperazine rings is 1. The van der Waals surface area contributed by atoms with E-state index in [0.29, 0.717) is 11.3 Å². The quantitative estimate of drug-likeness (QED) is 0.799. The van der Waals surface area contributed by atoms with Crippen LogP contribution >= 0.6 is 0 Å². The molecule has 1 heterocycles. The zero-order chi connectivity index (χ0) is 20.3. The van der Waals surface area contributed by atoms with Crippen LogP contribution in [0, 0.1) is 13.8 Å². The van der Waals surface area contributed by atoms with E-state index >= 15 is 0 Å². The first kappa shape index (κ1) is 20.3. The third kappa shape index (κ3) is 4.70. The summed E-state index contributed by atoms with van der Waals surface area (Å²) in [5.41, 5.74) is 5.74. The van der Waals surface area contributed by atoms with Crippen molar-refractivity contribution in [2.75, 3.05) is 37.9 Å². The average Bonchev–Trinajstić information content (AvgIpc) is 2.67. The van der Waals surface area contributed by atoms with E-state index in [0.717, 1.165) is 37.3 Å². The van der Waals surface area contributed by atoms with Crippen LogP contribution in [0.25, 0.3) is 0 Å². The van der Waals surface area contributed by atoms with Crippen molar-refractivity contribution in [3.8, 4) is 0 Å². The zero-order valence-electron chi connectivity index (χ0n) is 16.4. The molecule has 0 unspecified atom stereocenters.